The topological polar surface area (TPSA) is 156 Å². The van der Waals surface area contributed by atoms with Gasteiger partial charge in [-0.3, -0.25) is 19.8 Å². The molecule has 0 saturated carbocycles. The van der Waals surface area contributed by atoms with Crippen molar-refractivity contribution in [2.45, 2.75) is 56.9 Å². The maximum atomic E-state index is 14.6. The fourth-order valence-electron chi connectivity index (χ4n) is 8.81. The normalized spacial score (nSPS) is 17.5. The number of hydrogen-bond donors (Lipinski definition) is 2. The number of piperazine rings is 1. The maximum Gasteiger partial charge on any atom is 0.320 e. The first-order chi connectivity index (χ1) is 31.2. The van der Waals surface area contributed by atoms with Crippen LogP contribution in [0.2, 0.25) is 10.0 Å². The van der Waals surface area contributed by atoms with Crippen molar-refractivity contribution in [1.82, 2.24) is 14.5 Å². The van der Waals surface area contributed by atoms with Crippen LogP contribution in [0.15, 0.2) is 95.4 Å². The number of piperidine rings is 1. The van der Waals surface area contributed by atoms with Gasteiger partial charge < -0.3 is 29.3 Å². The van der Waals surface area contributed by atoms with Crippen molar-refractivity contribution in [3.63, 3.8) is 0 Å². The lowest BCUT2D eigenvalue weighted by atomic mass is 9.72. The number of hydrogen-bond acceptors (Lipinski definition) is 12. The minimum atomic E-state index is -4.76. The molecule has 0 aromatic heterocycles. The van der Waals surface area contributed by atoms with E-state index in [0.29, 0.717) is 75.4 Å². The molecule has 2 fully saturated rings. The van der Waals surface area contributed by atoms with Crippen molar-refractivity contribution in [3.05, 3.63) is 122 Å². The van der Waals surface area contributed by atoms with Gasteiger partial charge in [0, 0.05) is 87.2 Å². The summed E-state index contributed by atoms with van der Waals surface area (Å²) in [5.74, 6) is -0.723. The van der Waals surface area contributed by atoms with Gasteiger partial charge in [0.25, 0.3) is 15.9 Å². The number of nitro groups is 1. The molecule has 0 spiro atoms. The van der Waals surface area contributed by atoms with Gasteiger partial charge in [-0.05, 0) is 91.1 Å². The fraction of sp³-hybridized carbons (Fsp3) is 0.438. The van der Waals surface area contributed by atoms with Gasteiger partial charge in [-0.15, -0.1) is 0 Å². The van der Waals surface area contributed by atoms with E-state index in [1.165, 1.54) is 29.3 Å². The zero-order valence-electron chi connectivity index (χ0n) is 37.2. The fourth-order valence-corrected chi connectivity index (χ4v) is 10.3. The Morgan fingerprint density at radius 1 is 0.877 bits per heavy atom. The van der Waals surface area contributed by atoms with Gasteiger partial charge >= 0.3 is 5.69 Å². The largest absolute Gasteiger partial charge is 0.455 e. The molecule has 0 bridgehead atoms. The number of amides is 1. The van der Waals surface area contributed by atoms with Crippen molar-refractivity contribution in [1.29, 1.82) is 0 Å². The van der Waals surface area contributed by atoms with Crippen LogP contribution in [0.25, 0.3) is 5.57 Å². The number of allylic oxidation sites excluding steroid dienone is 1. The highest BCUT2D eigenvalue weighted by molar-refractivity contribution is 7.90. The monoisotopic (exact) mass is 948 g/mol. The third-order valence-electron chi connectivity index (χ3n) is 12.4. The number of nitro benzene ring substituents is 1. The van der Waals surface area contributed by atoms with E-state index in [-0.39, 0.29) is 53.0 Å². The first-order valence-electron chi connectivity index (χ1n) is 22.1. The van der Waals surface area contributed by atoms with Crippen LogP contribution < -0.4 is 19.7 Å². The van der Waals surface area contributed by atoms with E-state index >= 15 is 0 Å². The number of carbonyl (C=O) groups excluding carboxylic acids is 1. The zero-order valence-corrected chi connectivity index (χ0v) is 39.5. The van der Waals surface area contributed by atoms with Gasteiger partial charge in [0.1, 0.15) is 16.3 Å². The molecule has 17 heteroatoms. The number of ether oxygens (including phenoxy) is 3. The minimum Gasteiger partial charge on any atom is -0.455 e. The molecule has 0 unspecified atom stereocenters. The number of halogens is 2. The summed E-state index contributed by atoms with van der Waals surface area (Å²) in [6.45, 7) is 10.6. The van der Waals surface area contributed by atoms with Crippen molar-refractivity contribution in [3.8, 4) is 11.5 Å². The van der Waals surface area contributed by atoms with E-state index in [1.54, 1.807) is 54.5 Å². The van der Waals surface area contributed by atoms with Crippen molar-refractivity contribution >= 4 is 61.8 Å². The molecule has 7 rings (SSSR count). The standard InChI is InChI=1S/C48H58Cl2N6O8S/c1-48(2)19-16-36(41(32-48)34-12-14-37(49)15-13-34)33-54-22-24-55(25-23-54)45-43(65(60,61)52-47(57)35-8-5-4-6-9-35)31-42(64-40-11-7-10-38(50)30-40)44(46(45)56(58)59)51-39-17-20-53(21-18-39)26-27-63-29-28-62-3/h4-15,30-31,39,51H,16-29,32-33H2,1-3H3,(H,52,57). The van der Waals surface area contributed by atoms with E-state index in [0.717, 1.165) is 31.4 Å². The molecule has 2 aliphatic heterocycles. The number of likely N-dealkylation sites (tertiary alicyclic amines) is 1. The third-order valence-corrected chi connectivity index (χ3v) is 14.2. The number of nitrogens with one attached hydrogen (secondary N) is 2. The smallest absolute Gasteiger partial charge is 0.320 e. The molecule has 2 N–H and O–H groups in total. The molecule has 1 aliphatic carbocycles. The van der Waals surface area contributed by atoms with Crippen LogP contribution in [0.4, 0.5) is 17.1 Å². The Kier molecular flexibility index (Phi) is 16.1. The number of anilines is 2. The SMILES string of the molecule is COCCOCCN1CCC(Nc2c(Oc3cccc(Cl)c3)cc(S(=O)(=O)NC(=O)c3ccccc3)c(N3CCN(CC4=C(c5ccc(Cl)cc5)CC(C)(C)CC4)CC3)c2[N+](=O)[O-])CC1. The second kappa shape index (κ2) is 21.7. The molecule has 4 aromatic carbocycles. The molecule has 348 valence electrons. The van der Waals surface area contributed by atoms with Crippen LogP contribution in [0, 0.1) is 15.5 Å². The van der Waals surface area contributed by atoms with E-state index < -0.39 is 31.4 Å². The molecule has 2 heterocycles. The predicted octanol–water partition coefficient (Wildman–Crippen LogP) is 9.14. The number of methoxy groups -OCH3 is 1. The second-order valence-electron chi connectivity index (χ2n) is 17.6. The van der Waals surface area contributed by atoms with Gasteiger partial charge in [-0.1, -0.05) is 79.0 Å². The van der Waals surface area contributed by atoms with Gasteiger partial charge in [0.2, 0.25) is 0 Å². The summed E-state index contributed by atoms with van der Waals surface area (Å²) in [6, 6.07) is 23.5. The molecule has 4 aromatic rings. The molecular weight excluding hydrogens is 892 g/mol. The van der Waals surface area contributed by atoms with Crippen molar-refractivity contribution in [2.75, 3.05) is 89.5 Å². The summed E-state index contributed by atoms with van der Waals surface area (Å²) in [5.41, 5.74) is 3.53. The van der Waals surface area contributed by atoms with E-state index in [9.17, 15) is 23.3 Å². The van der Waals surface area contributed by atoms with Crippen molar-refractivity contribution in [2.24, 2.45) is 5.41 Å². The Morgan fingerprint density at radius 2 is 1.60 bits per heavy atom. The first-order valence-corrected chi connectivity index (χ1v) is 24.3. The van der Waals surface area contributed by atoms with Crippen LogP contribution in [-0.4, -0.2) is 114 Å². The minimum absolute atomic E-state index is 0.0460. The molecule has 0 radical (unpaired) electrons. The van der Waals surface area contributed by atoms with E-state index in [1.807, 2.05) is 12.1 Å². The lowest BCUT2D eigenvalue weighted by Gasteiger charge is -2.39. The molecule has 0 atom stereocenters. The number of benzene rings is 4. The van der Waals surface area contributed by atoms with Crippen LogP contribution >= 0.6 is 23.2 Å². The Morgan fingerprint density at radius 3 is 2.28 bits per heavy atom. The summed E-state index contributed by atoms with van der Waals surface area (Å²) in [7, 11) is -3.13. The van der Waals surface area contributed by atoms with Gasteiger partial charge in [-0.25, -0.2) is 13.1 Å². The van der Waals surface area contributed by atoms with Gasteiger partial charge in [0.05, 0.1) is 24.7 Å². The summed E-state index contributed by atoms with van der Waals surface area (Å²) >= 11 is 12.6. The van der Waals surface area contributed by atoms with Crippen LogP contribution in [0.5, 0.6) is 11.5 Å². The maximum absolute atomic E-state index is 14.6. The Labute approximate surface area is 392 Å². The number of carbonyl (C=O) groups is 1. The number of rotatable bonds is 18. The Balaban J connectivity index is 1.24. The third kappa shape index (κ3) is 12.6. The Hall–Kier alpha value is -4.74. The average molecular weight is 950 g/mol. The van der Waals surface area contributed by atoms with Crippen molar-refractivity contribution < 1.29 is 32.3 Å². The van der Waals surface area contributed by atoms with E-state index in [2.05, 4.69) is 45.8 Å². The predicted molar refractivity (Wildman–Crippen MR) is 256 cm³/mol. The molecule has 2 saturated heterocycles. The van der Waals surface area contributed by atoms with Crippen LogP contribution in [0.1, 0.15) is 61.9 Å². The lowest BCUT2D eigenvalue weighted by molar-refractivity contribution is -0.383. The quantitative estimate of drug-likeness (QED) is 0.0555. The summed E-state index contributed by atoms with van der Waals surface area (Å²) in [4.78, 5) is 32.5. The number of sulfonamides is 1. The van der Waals surface area contributed by atoms with Crippen LogP contribution in [0.3, 0.4) is 0 Å². The first kappa shape index (κ1) is 48.2. The highest BCUT2D eigenvalue weighted by Crippen LogP contribution is 2.49. The van der Waals surface area contributed by atoms with Gasteiger partial charge in [-0.2, -0.15) is 0 Å². The lowest BCUT2D eigenvalue weighted by Crippen LogP contribution is -2.48. The average Bonchev–Trinajstić information content (AvgIpc) is 3.28. The zero-order chi connectivity index (χ0) is 46.1. The number of nitrogens with zero attached hydrogens (tertiary/aromatic N) is 4. The summed E-state index contributed by atoms with van der Waals surface area (Å²) < 4.78 is 48.6. The summed E-state index contributed by atoms with van der Waals surface area (Å²) in [5, 5.41) is 18.1. The molecule has 1 amide bonds. The highest BCUT2D eigenvalue weighted by atomic mass is 35.5. The molecule has 3 aliphatic rings. The van der Waals surface area contributed by atoms with Gasteiger partial charge in [0.15, 0.2) is 11.4 Å². The highest BCUT2D eigenvalue weighted by Gasteiger charge is 2.39. The molecular formula is C48H58Cl2N6O8S. The molecule has 14 nitrogen and oxygen atoms in total. The molecule has 65 heavy (non-hydrogen) atoms. The second-order valence-corrected chi connectivity index (χ2v) is 20.1. The Bertz CT molecular complexity index is 2440. The van der Waals surface area contributed by atoms with Crippen LogP contribution in [-0.2, 0) is 19.5 Å². The summed E-state index contributed by atoms with van der Waals surface area (Å²) in [6.07, 6.45) is 4.21. The van der Waals surface area contributed by atoms with E-state index in [4.69, 9.17) is 37.4 Å².